The number of nitrogens with one attached hydrogen (secondary N) is 1. The van der Waals surface area contributed by atoms with Gasteiger partial charge in [0.15, 0.2) is 6.10 Å². The first-order valence-electron chi connectivity index (χ1n) is 11.6. The highest BCUT2D eigenvalue weighted by Gasteiger charge is 2.26. The van der Waals surface area contributed by atoms with Crippen molar-refractivity contribution in [3.8, 4) is 17.0 Å². The minimum absolute atomic E-state index is 0.0912. The second kappa shape index (κ2) is 14.0. The Labute approximate surface area is 223 Å². The largest absolute Gasteiger partial charge is 0.511 e. The van der Waals surface area contributed by atoms with Gasteiger partial charge in [0.05, 0.1) is 19.8 Å². The number of carbonyl (C=O) groups is 3. The van der Waals surface area contributed by atoms with E-state index >= 15 is 0 Å². The zero-order valence-corrected chi connectivity index (χ0v) is 21.5. The molecule has 12 heteroatoms. The van der Waals surface area contributed by atoms with Crippen LogP contribution >= 0.6 is 11.6 Å². The summed E-state index contributed by atoms with van der Waals surface area (Å²) in [6.07, 6.45) is -2.58. The molecule has 1 amide bonds. The summed E-state index contributed by atoms with van der Waals surface area (Å²) in [5, 5.41) is 17.4. The number of halogens is 1. The van der Waals surface area contributed by atoms with E-state index in [4.69, 9.17) is 25.6 Å². The van der Waals surface area contributed by atoms with Gasteiger partial charge in [0.25, 0.3) is 11.8 Å². The predicted octanol–water partition coefficient (Wildman–Crippen LogP) is 3.77. The first kappa shape index (κ1) is 28.5. The lowest BCUT2D eigenvalue weighted by Crippen LogP contribution is -2.41. The van der Waals surface area contributed by atoms with E-state index in [0.717, 1.165) is 16.7 Å². The van der Waals surface area contributed by atoms with Crippen LogP contribution in [0.2, 0.25) is 5.02 Å². The summed E-state index contributed by atoms with van der Waals surface area (Å²) < 4.78 is 23.8. The molecule has 2 aromatic carbocycles. The Hall–Kier alpha value is -4.09. The molecule has 1 unspecified atom stereocenters. The fraction of sp³-hybridized carbons (Fsp3) is 0.308. The van der Waals surface area contributed by atoms with Crippen LogP contribution in [0.3, 0.4) is 0 Å². The number of benzene rings is 2. The Morgan fingerprint density at radius 3 is 2.47 bits per heavy atom. The SMILES string of the molecule is CCOC(=O)OCOC(=O)C(O)C[C@@H](Cc1ccc(-c2cccc(Cl)c2)cc1)NC(=O)c1cc(OC)no1. The third-order valence-electron chi connectivity index (χ3n) is 5.27. The fourth-order valence-electron chi connectivity index (χ4n) is 3.45. The van der Waals surface area contributed by atoms with E-state index in [1.54, 1.807) is 13.0 Å². The molecule has 0 spiro atoms. The van der Waals surface area contributed by atoms with E-state index in [-0.39, 0.29) is 31.1 Å². The Bertz CT molecular complexity index is 1230. The lowest BCUT2D eigenvalue weighted by molar-refractivity contribution is -0.163. The standard InChI is InChI=1S/C26H27ClN2O9/c1-3-35-26(33)37-15-36-25(32)21(30)13-20(28-24(31)22-14-23(34-2)29-38-22)11-16-7-9-17(10-8-16)18-5-4-6-19(27)12-18/h4-10,12,14,20-21,30H,3,11,13,15H2,1-2H3,(H,28,31)/t20-,21?/m1/s1. The van der Waals surface area contributed by atoms with Gasteiger partial charge >= 0.3 is 12.1 Å². The van der Waals surface area contributed by atoms with E-state index in [1.165, 1.54) is 13.2 Å². The number of methoxy groups -OCH3 is 1. The van der Waals surface area contributed by atoms with Crippen molar-refractivity contribution in [2.75, 3.05) is 20.5 Å². The molecule has 38 heavy (non-hydrogen) atoms. The maximum atomic E-state index is 12.7. The van der Waals surface area contributed by atoms with Crippen LogP contribution in [0, 0.1) is 0 Å². The molecule has 0 saturated carbocycles. The molecular formula is C26H27ClN2O9. The van der Waals surface area contributed by atoms with Crippen LogP contribution in [0.15, 0.2) is 59.1 Å². The van der Waals surface area contributed by atoms with Crippen LogP contribution in [0.1, 0.15) is 29.5 Å². The van der Waals surface area contributed by atoms with Crippen molar-refractivity contribution in [3.63, 3.8) is 0 Å². The molecule has 2 atom stereocenters. The Morgan fingerprint density at radius 2 is 1.82 bits per heavy atom. The zero-order valence-electron chi connectivity index (χ0n) is 20.7. The van der Waals surface area contributed by atoms with Gasteiger partial charge in [0.1, 0.15) is 0 Å². The van der Waals surface area contributed by atoms with Gasteiger partial charge < -0.3 is 33.9 Å². The molecule has 1 aromatic heterocycles. The Morgan fingerprint density at radius 1 is 1.05 bits per heavy atom. The molecule has 0 saturated heterocycles. The van der Waals surface area contributed by atoms with Gasteiger partial charge in [0, 0.05) is 17.5 Å². The van der Waals surface area contributed by atoms with Crippen LogP contribution in [0.4, 0.5) is 4.79 Å². The summed E-state index contributed by atoms with van der Waals surface area (Å²) in [6, 6.07) is 15.5. The van der Waals surface area contributed by atoms with Gasteiger partial charge in [-0.3, -0.25) is 4.79 Å². The Balaban J connectivity index is 1.68. The van der Waals surface area contributed by atoms with Crippen molar-refractivity contribution < 1.29 is 43.0 Å². The number of nitrogens with zero attached hydrogens (tertiary/aromatic N) is 1. The van der Waals surface area contributed by atoms with Gasteiger partial charge in [-0.2, -0.15) is 0 Å². The van der Waals surface area contributed by atoms with E-state index in [2.05, 4.69) is 19.9 Å². The number of amides is 1. The van der Waals surface area contributed by atoms with Crippen molar-refractivity contribution in [2.24, 2.45) is 0 Å². The van der Waals surface area contributed by atoms with Crippen LogP contribution in [-0.4, -0.2) is 61.0 Å². The van der Waals surface area contributed by atoms with E-state index in [1.807, 2.05) is 42.5 Å². The van der Waals surface area contributed by atoms with E-state index in [0.29, 0.717) is 5.02 Å². The van der Waals surface area contributed by atoms with Crippen molar-refractivity contribution in [2.45, 2.75) is 31.9 Å². The van der Waals surface area contributed by atoms with Crippen molar-refractivity contribution in [3.05, 3.63) is 70.9 Å². The monoisotopic (exact) mass is 546 g/mol. The normalized spacial score (nSPS) is 12.2. The third kappa shape index (κ3) is 8.49. The summed E-state index contributed by atoms with van der Waals surface area (Å²) in [6.45, 7) is 0.952. The van der Waals surface area contributed by atoms with Gasteiger partial charge in [-0.15, -0.1) is 0 Å². The first-order chi connectivity index (χ1) is 18.3. The molecule has 0 fully saturated rings. The van der Waals surface area contributed by atoms with Crippen LogP contribution in [-0.2, 0) is 25.4 Å². The molecule has 0 radical (unpaired) electrons. The number of esters is 1. The smallest absolute Gasteiger partial charge is 0.479 e. The summed E-state index contributed by atoms with van der Waals surface area (Å²) in [5.41, 5.74) is 2.70. The van der Waals surface area contributed by atoms with E-state index in [9.17, 15) is 19.5 Å². The molecule has 0 aliphatic rings. The number of ether oxygens (including phenoxy) is 4. The lowest BCUT2D eigenvalue weighted by atomic mass is 9.97. The summed E-state index contributed by atoms with van der Waals surface area (Å²) in [5.74, 6) is -1.64. The average molecular weight is 547 g/mol. The minimum atomic E-state index is -1.62. The topological polar surface area (TPSA) is 146 Å². The molecule has 2 N–H and O–H groups in total. The number of aliphatic hydroxyl groups is 1. The molecule has 3 rings (SSSR count). The molecule has 202 valence electrons. The second-order valence-electron chi connectivity index (χ2n) is 7.98. The van der Waals surface area contributed by atoms with Crippen molar-refractivity contribution in [1.82, 2.24) is 10.5 Å². The molecule has 0 aliphatic carbocycles. The highest BCUT2D eigenvalue weighted by atomic mass is 35.5. The van der Waals surface area contributed by atoms with Gasteiger partial charge in [-0.1, -0.05) is 48.0 Å². The molecule has 1 heterocycles. The maximum absolute atomic E-state index is 12.7. The average Bonchev–Trinajstić information content (AvgIpc) is 3.39. The van der Waals surface area contributed by atoms with Gasteiger partial charge in [-0.25, -0.2) is 9.59 Å². The molecule has 0 aliphatic heterocycles. The third-order valence-corrected chi connectivity index (χ3v) is 5.51. The molecule has 3 aromatic rings. The molecule has 11 nitrogen and oxygen atoms in total. The first-order valence-corrected chi connectivity index (χ1v) is 12.0. The predicted molar refractivity (Wildman–Crippen MR) is 135 cm³/mol. The second-order valence-corrected chi connectivity index (χ2v) is 8.41. The number of carbonyl (C=O) groups excluding carboxylic acids is 3. The highest BCUT2D eigenvalue weighted by Crippen LogP contribution is 2.23. The zero-order chi connectivity index (χ0) is 27.5. The maximum Gasteiger partial charge on any atom is 0.511 e. The molecular weight excluding hydrogens is 520 g/mol. The summed E-state index contributed by atoms with van der Waals surface area (Å²) in [4.78, 5) is 36.2. The number of aromatic nitrogens is 1. The van der Waals surface area contributed by atoms with Crippen LogP contribution in [0.5, 0.6) is 5.88 Å². The van der Waals surface area contributed by atoms with Crippen molar-refractivity contribution >= 4 is 29.6 Å². The lowest BCUT2D eigenvalue weighted by Gasteiger charge is -2.21. The summed E-state index contributed by atoms with van der Waals surface area (Å²) in [7, 11) is 1.38. The summed E-state index contributed by atoms with van der Waals surface area (Å²) >= 11 is 6.09. The van der Waals surface area contributed by atoms with Gasteiger partial charge in [-0.05, 0) is 47.3 Å². The number of aliphatic hydroxyl groups excluding tert-OH is 1. The molecule has 0 bridgehead atoms. The van der Waals surface area contributed by atoms with E-state index < -0.39 is 37.0 Å². The number of rotatable bonds is 12. The number of hydrogen-bond acceptors (Lipinski definition) is 10. The van der Waals surface area contributed by atoms with Crippen LogP contribution in [0.25, 0.3) is 11.1 Å². The highest BCUT2D eigenvalue weighted by molar-refractivity contribution is 6.30. The van der Waals surface area contributed by atoms with Gasteiger partial charge in [0.2, 0.25) is 12.6 Å². The van der Waals surface area contributed by atoms with Crippen LogP contribution < -0.4 is 10.1 Å². The van der Waals surface area contributed by atoms with Crippen molar-refractivity contribution in [1.29, 1.82) is 0 Å². The minimum Gasteiger partial charge on any atom is -0.479 e. The quantitative estimate of drug-likeness (QED) is 0.254. The fourth-order valence-corrected chi connectivity index (χ4v) is 3.65. The Kier molecular flexibility index (Phi) is 10.5. The number of hydrogen-bond donors (Lipinski definition) is 2.